The second kappa shape index (κ2) is 11.3. The fourth-order valence-corrected chi connectivity index (χ4v) is 3.96. The van der Waals surface area contributed by atoms with Gasteiger partial charge in [-0.05, 0) is 18.2 Å². The van der Waals surface area contributed by atoms with Crippen molar-refractivity contribution in [2.75, 3.05) is 76.0 Å². The number of rotatable bonds is 8. The van der Waals surface area contributed by atoms with Crippen LogP contribution in [0.15, 0.2) is 49.1 Å². The maximum absolute atomic E-state index is 13.2. The van der Waals surface area contributed by atoms with E-state index in [-0.39, 0.29) is 11.6 Å². The van der Waals surface area contributed by atoms with Crippen LogP contribution in [0.1, 0.15) is 10.5 Å². The topological polar surface area (TPSA) is 107 Å². The van der Waals surface area contributed by atoms with Crippen molar-refractivity contribution in [2.45, 2.75) is 0 Å². The summed E-state index contributed by atoms with van der Waals surface area (Å²) in [5.41, 5.74) is 1.79. The number of hydrogen-bond acceptors (Lipinski definition) is 9. The van der Waals surface area contributed by atoms with Crippen molar-refractivity contribution in [2.24, 2.45) is 0 Å². The summed E-state index contributed by atoms with van der Waals surface area (Å²) >= 11 is 0. The molecule has 11 nitrogen and oxygen atoms in total. The quantitative estimate of drug-likeness (QED) is 0.514. The van der Waals surface area contributed by atoms with Gasteiger partial charge in [-0.2, -0.15) is 4.98 Å². The van der Waals surface area contributed by atoms with Crippen molar-refractivity contribution in [3.63, 3.8) is 0 Å². The molecule has 2 aromatic heterocycles. The van der Waals surface area contributed by atoms with Crippen LogP contribution in [-0.4, -0.2) is 96.1 Å². The molecular formula is C24H29N7O4. The summed E-state index contributed by atoms with van der Waals surface area (Å²) in [5, 5.41) is 2.94. The summed E-state index contributed by atoms with van der Waals surface area (Å²) in [7, 11) is 0. The van der Waals surface area contributed by atoms with Crippen LogP contribution < -0.4 is 15.0 Å². The minimum absolute atomic E-state index is 0.246. The Morgan fingerprint density at radius 1 is 1.03 bits per heavy atom. The fraction of sp³-hybridized carbons (Fsp3) is 0.417. The fourth-order valence-electron chi connectivity index (χ4n) is 3.96. The number of carbonyl (C=O) groups is 1. The predicted molar refractivity (Wildman–Crippen MR) is 129 cm³/mol. The van der Waals surface area contributed by atoms with Gasteiger partial charge < -0.3 is 29.0 Å². The van der Waals surface area contributed by atoms with Gasteiger partial charge in [-0.25, -0.2) is 9.97 Å². The van der Waals surface area contributed by atoms with Crippen LogP contribution in [0.2, 0.25) is 0 Å². The van der Waals surface area contributed by atoms with Gasteiger partial charge in [-0.3, -0.25) is 9.69 Å². The van der Waals surface area contributed by atoms with Crippen molar-refractivity contribution in [1.82, 2.24) is 24.4 Å². The number of amides is 1. The van der Waals surface area contributed by atoms with Crippen molar-refractivity contribution in [3.05, 3.63) is 54.7 Å². The maximum atomic E-state index is 13.2. The van der Waals surface area contributed by atoms with Gasteiger partial charge >= 0.3 is 0 Å². The Labute approximate surface area is 203 Å². The summed E-state index contributed by atoms with van der Waals surface area (Å²) in [6.45, 7) is 6.98. The number of hydrogen-bond donors (Lipinski definition) is 1. The highest BCUT2D eigenvalue weighted by molar-refractivity contribution is 6.03. The van der Waals surface area contributed by atoms with Crippen LogP contribution in [0.4, 0.5) is 11.6 Å². The first-order valence-electron chi connectivity index (χ1n) is 11.8. The zero-order valence-electron chi connectivity index (χ0n) is 19.5. The molecule has 2 aliphatic heterocycles. The van der Waals surface area contributed by atoms with E-state index in [1.54, 1.807) is 18.6 Å². The molecule has 5 rings (SSSR count). The molecule has 0 radical (unpaired) electrons. The number of ether oxygens (including phenoxy) is 3. The van der Waals surface area contributed by atoms with Crippen molar-refractivity contribution < 1.29 is 19.0 Å². The normalized spacial score (nSPS) is 16.7. The first-order chi connectivity index (χ1) is 17.2. The second-order valence-corrected chi connectivity index (χ2v) is 8.27. The molecule has 0 atom stereocenters. The van der Waals surface area contributed by atoms with E-state index in [0.29, 0.717) is 50.4 Å². The molecule has 184 valence electrons. The van der Waals surface area contributed by atoms with Crippen LogP contribution in [-0.2, 0) is 9.47 Å². The predicted octanol–water partition coefficient (Wildman–Crippen LogP) is 1.46. The summed E-state index contributed by atoms with van der Waals surface area (Å²) in [6, 6.07) is 9.13. The lowest BCUT2D eigenvalue weighted by molar-refractivity contribution is 0.0320. The smallest absolute Gasteiger partial charge is 0.274 e. The molecule has 0 aliphatic carbocycles. The number of nitrogens with zero attached hydrogens (tertiary/aromatic N) is 6. The van der Waals surface area contributed by atoms with E-state index in [1.807, 2.05) is 39.9 Å². The monoisotopic (exact) mass is 479 g/mol. The Kier molecular flexibility index (Phi) is 7.47. The van der Waals surface area contributed by atoms with Crippen LogP contribution in [0.25, 0.3) is 5.69 Å². The first-order valence-corrected chi connectivity index (χ1v) is 11.8. The summed E-state index contributed by atoms with van der Waals surface area (Å²) in [5.74, 6) is 0.518. The van der Waals surface area contributed by atoms with E-state index in [4.69, 9.17) is 14.2 Å². The molecule has 3 aromatic rings. The Hall–Kier alpha value is -3.54. The molecular weight excluding hydrogens is 450 g/mol. The number of imidazole rings is 1. The third kappa shape index (κ3) is 6.13. The Morgan fingerprint density at radius 3 is 2.60 bits per heavy atom. The average Bonchev–Trinajstić information content (AvgIpc) is 3.45. The third-order valence-electron chi connectivity index (χ3n) is 5.89. The summed E-state index contributed by atoms with van der Waals surface area (Å²) < 4.78 is 18.7. The van der Waals surface area contributed by atoms with Crippen molar-refractivity contribution >= 4 is 17.5 Å². The standard InChI is InChI=1S/C24H29N7O4/c32-23(26-19-2-1-3-20(16-19)31-5-4-25-18-31)21-17-22(35-15-8-29-6-11-33-12-7-29)28-24(27-21)30-9-13-34-14-10-30/h1-5,16-18H,6-15H2,(H,26,32). The van der Waals surface area contributed by atoms with Gasteiger partial charge in [0.05, 0.1) is 32.8 Å². The highest BCUT2D eigenvalue weighted by Gasteiger charge is 2.20. The molecule has 11 heteroatoms. The average molecular weight is 480 g/mol. The molecule has 1 amide bonds. The van der Waals surface area contributed by atoms with Crippen LogP contribution in [0.5, 0.6) is 5.88 Å². The molecule has 0 bridgehead atoms. The highest BCUT2D eigenvalue weighted by atomic mass is 16.5. The summed E-state index contributed by atoms with van der Waals surface area (Å²) in [6.07, 6.45) is 5.26. The van der Waals surface area contributed by atoms with Gasteiger partial charge in [0.15, 0.2) is 0 Å². The lowest BCUT2D eigenvalue weighted by Crippen LogP contribution is -2.39. The molecule has 0 saturated carbocycles. The van der Waals surface area contributed by atoms with Crippen molar-refractivity contribution in [3.8, 4) is 11.6 Å². The van der Waals surface area contributed by atoms with Crippen molar-refractivity contribution in [1.29, 1.82) is 0 Å². The molecule has 4 heterocycles. The van der Waals surface area contributed by atoms with Gasteiger partial charge in [-0.15, -0.1) is 0 Å². The van der Waals surface area contributed by atoms with E-state index in [0.717, 1.165) is 38.5 Å². The Balaban J connectivity index is 1.32. The van der Waals surface area contributed by atoms with E-state index in [1.165, 1.54) is 0 Å². The van der Waals surface area contributed by atoms with Gasteiger partial charge in [0.2, 0.25) is 11.8 Å². The zero-order chi connectivity index (χ0) is 23.9. The lowest BCUT2D eigenvalue weighted by atomic mass is 10.2. The van der Waals surface area contributed by atoms with E-state index < -0.39 is 0 Å². The summed E-state index contributed by atoms with van der Waals surface area (Å²) in [4.78, 5) is 30.7. The van der Waals surface area contributed by atoms with Gasteiger partial charge in [-0.1, -0.05) is 6.07 Å². The van der Waals surface area contributed by atoms with Gasteiger partial charge in [0, 0.05) is 62.6 Å². The minimum Gasteiger partial charge on any atom is -0.476 e. The number of nitrogens with one attached hydrogen (secondary N) is 1. The number of carbonyl (C=O) groups excluding carboxylic acids is 1. The highest BCUT2D eigenvalue weighted by Crippen LogP contribution is 2.20. The van der Waals surface area contributed by atoms with E-state index in [2.05, 4.69) is 25.2 Å². The third-order valence-corrected chi connectivity index (χ3v) is 5.89. The number of morpholine rings is 2. The maximum Gasteiger partial charge on any atom is 0.274 e. The number of benzene rings is 1. The molecule has 1 N–H and O–H groups in total. The molecule has 2 aliphatic rings. The molecule has 1 aromatic carbocycles. The lowest BCUT2D eigenvalue weighted by Gasteiger charge is -2.27. The number of anilines is 2. The Bertz CT molecular complexity index is 1110. The first kappa shape index (κ1) is 23.2. The Morgan fingerprint density at radius 2 is 1.83 bits per heavy atom. The largest absolute Gasteiger partial charge is 0.476 e. The SMILES string of the molecule is O=C(Nc1cccc(-n2ccnc2)c1)c1cc(OCCN2CCOCC2)nc(N2CCOCC2)n1. The van der Waals surface area contributed by atoms with Gasteiger partial charge in [0.25, 0.3) is 5.91 Å². The van der Waals surface area contributed by atoms with E-state index in [9.17, 15) is 4.79 Å². The second-order valence-electron chi connectivity index (χ2n) is 8.27. The molecule has 2 fully saturated rings. The van der Waals surface area contributed by atoms with Crippen LogP contribution in [0.3, 0.4) is 0 Å². The van der Waals surface area contributed by atoms with Crippen LogP contribution >= 0.6 is 0 Å². The molecule has 2 saturated heterocycles. The molecule has 0 unspecified atom stereocenters. The van der Waals surface area contributed by atoms with E-state index >= 15 is 0 Å². The van der Waals surface area contributed by atoms with Gasteiger partial charge in [0.1, 0.15) is 12.3 Å². The minimum atomic E-state index is -0.331. The zero-order valence-corrected chi connectivity index (χ0v) is 19.5. The van der Waals surface area contributed by atoms with Crippen LogP contribution in [0, 0.1) is 0 Å². The molecule has 0 spiro atoms. The number of aromatic nitrogens is 4. The molecule has 35 heavy (non-hydrogen) atoms.